The van der Waals surface area contributed by atoms with Crippen molar-refractivity contribution < 1.29 is 23.1 Å². The van der Waals surface area contributed by atoms with Gasteiger partial charge >= 0.3 is 6.09 Å². The minimum Gasteiger partial charge on any atom is -0.453 e. The summed E-state index contributed by atoms with van der Waals surface area (Å²) >= 11 is 0. The summed E-state index contributed by atoms with van der Waals surface area (Å²) in [5, 5.41) is 6.08. The Morgan fingerprint density at radius 3 is 2.53 bits per heavy atom. The summed E-state index contributed by atoms with van der Waals surface area (Å²) in [4.78, 5) is 30.9. The second-order valence-corrected chi connectivity index (χ2v) is 10.4. The highest BCUT2D eigenvalue weighted by atomic mass is 19.1. The van der Waals surface area contributed by atoms with Crippen molar-refractivity contribution >= 4 is 12.0 Å². The van der Waals surface area contributed by atoms with Crippen LogP contribution in [0.15, 0.2) is 0 Å². The van der Waals surface area contributed by atoms with E-state index in [0.717, 1.165) is 12.8 Å². The van der Waals surface area contributed by atoms with Crippen LogP contribution in [0.1, 0.15) is 26.2 Å². The van der Waals surface area contributed by atoms with Crippen molar-refractivity contribution in [2.24, 2.45) is 17.4 Å². The van der Waals surface area contributed by atoms with Crippen LogP contribution in [-0.2, 0) is 9.53 Å². The maximum Gasteiger partial charge on any atom is 0.409 e. The van der Waals surface area contributed by atoms with Crippen LogP contribution in [0.5, 0.6) is 0 Å². The molecule has 0 aromatic rings. The Morgan fingerprint density at radius 2 is 1.88 bits per heavy atom. The van der Waals surface area contributed by atoms with Crippen LogP contribution < -0.4 is 22.1 Å². The number of ether oxygens (including phenoxy) is 1. The first-order chi connectivity index (χ1) is 16.1. The summed E-state index contributed by atoms with van der Waals surface area (Å²) in [6.07, 6.45) is -1.40. The van der Waals surface area contributed by atoms with Crippen LogP contribution >= 0.6 is 0 Å². The standard InChI is InChI=1S/C22H39F2N7O3/c1-22-4-3-13(23)12-31(22)16(9-22)17(19(25)26)20(32)28-15-11-27-10-14(24)18(15)29-5-7-30(8-6-29)21(33)34-2/h13-19,27H,3-12,25-26H2,1-2H3,(H,28,32)/t13?,14?,15?,16?,17?,18?,22-/m1/s1. The smallest absolute Gasteiger partial charge is 0.409 e. The molecule has 4 heterocycles. The third kappa shape index (κ3) is 4.88. The van der Waals surface area contributed by atoms with Crippen molar-refractivity contribution in [3.63, 3.8) is 0 Å². The molecule has 0 aromatic carbocycles. The molecular formula is C22H39F2N7O3. The van der Waals surface area contributed by atoms with Crippen molar-refractivity contribution in [3.05, 3.63) is 0 Å². The number of amides is 2. The predicted molar refractivity (Wildman–Crippen MR) is 122 cm³/mol. The molecule has 0 radical (unpaired) electrons. The molecule has 12 heteroatoms. The molecule has 0 bridgehead atoms. The molecule has 34 heavy (non-hydrogen) atoms. The van der Waals surface area contributed by atoms with E-state index in [0.29, 0.717) is 39.1 Å². The topological polar surface area (TPSA) is 129 Å². The number of fused-ring (bicyclic) bond motifs is 1. The van der Waals surface area contributed by atoms with Crippen molar-refractivity contribution in [3.8, 4) is 0 Å². The molecule has 4 fully saturated rings. The number of halogens is 2. The number of carbonyl (C=O) groups excluding carboxylic acids is 2. The lowest BCUT2D eigenvalue weighted by atomic mass is 9.68. The van der Waals surface area contributed by atoms with Crippen LogP contribution in [0, 0.1) is 5.92 Å². The molecule has 4 aliphatic heterocycles. The van der Waals surface area contributed by atoms with E-state index < -0.39 is 42.6 Å². The number of hydrogen-bond donors (Lipinski definition) is 4. The van der Waals surface area contributed by atoms with Gasteiger partial charge in [0, 0.05) is 57.4 Å². The number of hydrogen-bond acceptors (Lipinski definition) is 8. The monoisotopic (exact) mass is 487 g/mol. The van der Waals surface area contributed by atoms with E-state index in [4.69, 9.17) is 16.2 Å². The number of carbonyl (C=O) groups is 2. The number of rotatable bonds is 5. The Kier molecular flexibility index (Phi) is 7.63. The van der Waals surface area contributed by atoms with Crippen LogP contribution in [0.2, 0.25) is 0 Å². The normalized spacial score (nSPS) is 38.1. The highest BCUT2D eigenvalue weighted by molar-refractivity contribution is 5.81. The van der Waals surface area contributed by atoms with Crippen LogP contribution in [0.25, 0.3) is 0 Å². The Labute approximate surface area is 199 Å². The number of nitrogens with two attached hydrogens (primary N) is 2. The van der Waals surface area contributed by atoms with E-state index in [1.807, 2.05) is 9.80 Å². The first-order valence-corrected chi connectivity index (χ1v) is 12.3. The minimum atomic E-state index is -1.19. The van der Waals surface area contributed by atoms with E-state index in [1.54, 1.807) is 4.90 Å². The summed E-state index contributed by atoms with van der Waals surface area (Å²) in [7, 11) is 1.34. The van der Waals surface area contributed by atoms with Crippen molar-refractivity contribution in [1.82, 2.24) is 25.3 Å². The molecule has 4 saturated heterocycles. The maximum atomic E-state index is 15.1. The van der Waals surface area contributed by atoms with Gasteiger partial charge in [-0.3, -0.25) is 14.6 Å². The third-order valence-electron chi connectivity index (χ3n) is 8.25. The number of piperidine rings is 2. The first-order valence-electron chi connectivity index (χ1n) is 12.3. The minimum absolute atomic E-state index is 0.126. The molecule has 194 valence electrons. The molecule has 6 N–H and O–H groups in total. The van der Waals surface area contributed by atoms with Gasteiger partial charge in [0.15, 0.2) is 0 Å². The summed E-state index contributed by atoms with van der Waals surface area (Å²) in [5.74, 6) is -1.03. The zero-order valence-corrected chi connectivity index (χ0v) is 20.1. The highest BCUT2D eigenvalue weighted by Gasteiger charge is 2.56. The average molecular weight is 488 g/mol. The maximum absolute atomic E-state index is 15.1. The van der Waals surface area contributed by atoms with Gasteiger partial charge in [-0.15, -0.1) is 0 Å². The summed E-state index contributed by atoms with van der Waals surface area (Å²) in [5.41, 5.74) is 12.0. The number of nitrogens with zero attached hydrogens (tertiary/aromatic N) is 3. The first kappa shape index (κ1) is 25.5. The SMILES string of the molecule is COC(=O)N1CCN(C2C(F)CNCC2NC(=O)C(C(N)N)C2C[C@@]3(C)CCC(F)CN23)CC1. The number of alkyl halides is 2. The summed E-state index contributed by atoms with van der Waals surface area (Å²) in [6, 6.07) is -1.25. The van der Waals surface area contributed by atoms with Crippen molar-refractivity contribution in [2.45, 2.75) is 68.4 Å². The van der Waals surface area contributed by atoms with Crippen LogP contribution in [0.4, 0.5) is 13.6 Å². The Morgan fingerprint density at radius 1 is 1.18 bits per heavy atom. The number of piperazine rings is 1. The molecule has 0 aliphatic carbocycles. The number of nitrogens with one attached hydrogen (secondary N) is 2. The van der Waals surface area contributed by atoms with Gasteiger partial charge in [0.25, 0.3) is 0 Å². The predicted octanol–water partition coefficient (Wildman–Crippen LogP) is -1.01. The van der Waals surface area contributed by atoms with Gasteiger partial charge in [-0.05, 0) is 26.2 Å². The fourth-order valence-corrected chi connectivity index (χ4v) is 6.37. The molecule has 7 atom stereocenters. The van der Waals surface area contributed by atoms with Gasteiger partial charge in [0.1, 0.15) is 12.3 Å². The third-order valence-corrected chi connectivity index (χ3v) is 8.25. The van der Waals surface area contributed by atoms with Gasteiger partial charge in [-0.2, -0.15) is 0 Å². The Bertz CT molecular complexity index is 754. The second kappa shape index (κ2) is 10.2. The zero-order valence-electron chi connectivity index (χ0n) is 20.1. The molecular weight excluding hydrogens is 448 g/mol. The fourth-order valence-electron chi connectivity index (χ4n) is 6.37. The van der Waals surface area contributed by atoms with Crippen LogP contribution in [0.3, 0.4) is 0 Å². The fraction of sp³-hybridized carbons (Fsp3) is 0.909. The Balaban J connectivity index is 1.43. The van der Waals surface area contributed by atoms with Crippen LogP contribution in [-0.4, -0.2) is 122 Å². The van der Waals surface area contributed by atoms with Gasteiger partial charge in [-0.25, -0.2) is 13.6 Å². The largest absolute Gasteiger partial charge is 0.453 e. The summed E-state index contributed by atoms with van der Waals surface area (Å²) in [6.45, 7) is 4.82. The molecule has 2 amide bonds. The van der Waals surface area contributed by atoms with Crippen molar-refractivity contribution in [1.29, 1.82) is 0 Å². The summed E-state index contributed by atoms with van der Waals surface area (Å²) < 4.78 is 34.0. The lowest BCUT2D eigenvalue weighted by Gasteiger charge is -2.62. The Hall–Kier alpha value is -1.60. The van der Waals surface area contributed by atoms with Gasteiger partial charge in [0.05, 0.1) is 31.3 Å². The van der Waals surface area contributed by atoms with E-state index in [-0.39, 0.29) is 30.6 Å². The average Bonchev–Trinajstić information content (AvgIpc) is 2.80. The molecule has 4 rings (SSSR count). The van der Waals surface area contributed by atoms with Gasteiger partial charge in [-0.1, -0.05) is 0 Å². The molecule has 4 aliphatic rings. The molecule has 0 spiro atoms. The lowest BCUT2D eigenvalue weighted by Crippen LogP contribution is -2.74. The van der Waals surface area contributed by atoms with E-state index in [2.05, 4.69) is 17.6 Å². The van der Waals surface area contributed by atoms with Gasteiger partial charge in [0.2, 0.25) is 5.91 Å². The highest BCUT2D eigenvalue weighted by Crippen LogP contribution is 2.46. The van der Waals surface area contributed by atoms with E-state index in [1.165, 1.54) is 7.11 Å². The molecule has 0 aromatic heterocycles. The molecule has 0 saturated carbocycles. The van der Waals surface area contributed by atoms with Crippen molar-refractivity contribution in [2.75, 3.05) is 52.9 Å². The molecule has 10 nitrogen and oxygen atoms in total. The quantitative estimate of drug-likeness (QED) is 0.363. The van der Waals surface area contributed by atoms with E-state index >= 15 is 4.39 Å². The number of methoxy groups -OCH3 is 1. The zero-order chi connectivity index (χ0) is 24.6. The second-order valence-electron chi connectivity index (χ2n) is 10.4. The van der Waals surface area contributed by atoms with Gasteiger partial charge < -0.3 is 31.7 Å². The molecule has 6 unspecified atom stereocenters. The lowest BCUT2D eigenvalue weighted by molar-refractivity contribution is -0.152. The van der Waals surface area contributed by atoms with E-state index in [9.17, 15) is 14.0 Å².